The topological polar surface area (TPSA) is 54.7 Å². The van der Waals surface area contributed by atoms with Gasteiger partial charge in [0, 0.05) is 0 Å². The van der Waals surface area contributed by atoms with E-state index in [0.717, 1.165) is 33.9 Å². The zero-order valence-corrected chi connectivity index (χ0v) is 9.11. The Labute approximate surface area is 92.3 Å². The fraction of sp³-hybridized carbons (Fsp3) is 0.167. The summed E-state index contributed by atoms with van der Waals surface area (Å²) in [6.07, 6.45) is 0. The fourth-order valence-corrected chi connectivity index (χ4v) is 1.89. The first-order chi connectivity index (χ1) is 7.75. The van der Waals surface area contributed by atoms with E-state index in [1.165, 1.54) is 0 Å². The molecule has 3 aromatic rings. The lowest BCUT2D eigenvalue weighted by Gasteiger charge is -1.92. The summed E-state index contributed by atoms with van der Waals surface area (Å²) in [5.41, 5.74) is 3.79. The van der Waals surface area contributed by atoms with Gasteiger partial charge in [-0.2, -0.15) is 0 Å². The van der Waals surface area contributed by atoms with Crippen molar-refractivity contribution in [3.05, 3.63) is 35.7 Å². The van der Waals surface area contributed by atoms with Crippen molar-refractivity contribution in [3.8, 4) is 11.4 Å². The Balaban J connectivity index is 2.27. The number of benzene rings is 1. The van der Waals surface area contributed by atoms with Gasteiger partial charge in [0.1, 0.15) is 11.6 Å². The third-order valence-corrected chi connectivity index (χ3v) is 2.66. The van der Waals surface area contributed by atoms with Crippen molar-refractivity contribution in [3.63, 3.8) is 0 Å². The van der Waals surface area contributed by atoms with Crippen molar-refractivity contribution in [2.45, 2.75) is 13.8 Å². The van der Waals surface area contributed by atoms with Crippen LogP contribution >= 0.6 is 0 Å². The van der Waals surface area contributed by atoms with E-state index >= 15 is 0 Å². The minimum absolute atomic E-state index is 0.788. The molecule has 2 aromatic heterocycles. The molecule has 3 rings (SSSR count). The molecule has 80 valence electrons. The highest BCUT2D eigenvalue weighted by molar-refractivity contribution is 5.79. The van der Waals surface area contributed by atoms with Gasteiger partial charge in [0.05, 0.1) is 22.3 Å². The summed E-state index contributed by atoms with van der Waals surface area (Å²) in [7, 11) is 0. The second-order valence-corrected chi connectivity index (χ2v) is 3.80. The van der Waals surface area contributed by atoms with E-state index in [-0.39, 0.29) is 0 Å². The molecule has 0 fully saturated rings. The van der Waals surface area contributed by atoms with Gasteiger partial charge >= 0.3 is 0 Å². The molecule has 4 heteroatoms. The normalized spacial score (nSPS) is 11.1. The molecule has 0 bridgehead atoms. The van der Waals surface area contributed by atoms with Gasteiger partial charge in [-0.1, -0.05) is 17.3 Å². The molecule has 1 aromatic carbocycles. The molecule has 0 saturated heterocycles. The maximum Gasteiger partial charge on any atom is 0.144 e. The van der Waals surface area contributed by atoms with E-state index in [0.29, 0.717) is 0 Å². The predicted octanol–water partition coefficient (Wildman–Crippen LogP) is 2.83. The van der Waals surface area contributed by atoms with Crippen molar-refractivity contribution in [1.29, 1.82) is 0 Å². The highest BCUT2D eigenvalue weighted by atomic mass is 16.5. The minimum atomic E-state index is 0.788. The average molecular weight is 213 g/mol. The summed E-state index contributed by atoms with van der Waals surface area (Å²) >= 11 is 0. The Bertz CT molecular complexity index is 599. The number of fused-ring (bicyclic) bond motifs is 1. The summed E-state index contributed by atoms with van der Waals surface area (Å²) in [5, 5.41) is 3.93. The number of imidazole rings is 1. The lowest BCUT2D eigenvalue weighted by Crippen LogP contribution is -1.83. The molecule has 16 heavy (non-hydrogen) atoms. The number of para-hydroxylation sites is 2. The molecule has 0 atom stereocenters. The lowest BCUT2D eigenvalue weighted by atomic mass is 10.2. The van der Waals surface area contributed by atoms with Crippen molar-refractivity contribution in [2.24, 2.45) is 0 Å². The molecule has 2 heterocycles. The van der Waals surface area contributed by atoms with Gasteiger partial charge in [-0.05, 0) is 26.0 Å². The van der Waals surface area contributed by atoms with Gasteiger partial charge in [0.25, 0.3) is 0 Å². The van der Waals surface area contributed by atoms with Gasteiger partial charge in [0.2, 0.25) is 0 Å². The molecule has 0 unspecified atom stereocenters. The van der Waals surface area contributed by atoms with Gasteiger partial charge < -0.3 is 9.51 Å². The summed E-state index contributed by atoms with van der Waals surface area (Å²) in [6, 6.07) is 7.94. The van der Waals surface area contributed by atoms with Crippen LogP contribution in [0.1, 0.15) is 11.5 Å². The van der Waals surface area contributed by atoms with E-state index in [4.69, 9.17) is 4.52 Å². The molecule has 0 aliphatic carbocycles. The molecule has 0 spiro atoms. The molecular formula is C12H11N3O. The number of aryl methyl sites for hydroxylation is 2. The lowest BCUT2D eigenvalue weighted by molar-refractivity contribution is 0.393. The van der Waals surface area contributed by atoms with Crippen LogP contribution in [0.5, 0.6) is 0 Å². The summed E-state index contributed by atoms with van der Waals surface area (Å²) in [4.78, 5) is 7.79. The number of hydrogen-bond donors (Lipinski definition) is 1. The first-order valence-corrected chi connectivity index (χ1v) is 5.13. The first kappa shape index (κ1) is 9.15. The van der Waals surface area contributed by atoms with Crippen LogP contribution in [-0.4, -0.2) is 15.1 Å². The number of rotatable bonds is 1. The average Bonchev–Trinajstić information content (AvgIpc) is 2.82. The molecule has 4 nitrogen and oxygen atoms in total. The smallest absolute Gasteiger partial charge is 0.144 e. The highest BCUT2D eigenvalue weighted by Gasteiger charge is 2.14. The number of hydrogen-bond acceptors (Lipinski definition) is 3. The highest BCUT2D eigenvalue weighted by Crippen LogP contribution is 2.26. The summed E-state index contributed by atoms with van der Waals surface area (Å²) in [5.74, 6) is 1.61. The zero-order chi connectivity index (χ0) is 11.1. The number of aromatic nitrogens is 3. The zero-order valence-electron chi connectivity index (χ0n) is 9.11. The van der Waals surface area contributed by atoms with Crippen molar-refractivity contribution < 1.29 is 4.52 Å². The van der Waals surface area contributed by atoms with Gasteiger partial charge in [-0.15, -0.1) is 0 Å². The summed E-state index contributed by atoms with van der Waals surface area (Å²) in [6.45, 7) is 3.81. The molecular weight excluding hydrogens is 202 g/mol. The van der Waals surface area contributed by atoms with Crippen molar-refractivity contribution in [2.75, 3.05) is 0 Å². The Morgan fingerprint density at radius 2 is 2.00 bits per heavy atom. The van der Waals surface area contributed by atoms with E-state index < -0.39 is 0 Å². The third kappa shape index (κ3) is 1.23. The quantitative estimate of drug-likeness (QED) is 0.676. The maximum absolute atomic E-state index is 5.14. The second kappa shape index (κ2) is 3.20. The SMILES string of the molecule is Cc1noc(C)c1-c1nc2ccccc2[nH]1. The minimum Gasteiger partial charge on any atom is -0.361 e. The predicted molar refractivity (Wildman–Crippen MR) is 61.1 cm³/mol. The maximum atomic E-state index is 5.14. The van der Waals surface area contributed by atoms with Crippen LogP contribution in [0.15, 0.2) is 28.8 Å². The van der Waals surface area contributed by atoms with Crippen LogP contribution in [0, 0.1) is 13.8 Å². The Hall–Kier alpha value is -2.10. The fourth-order valence-electron chi connectivity index (χ4n) is 1.89. The third-order valence-electron chi connectivity index (χ3n) is 2.66. The molecule has 1 N–H and O–H groups in total. The van der Waals surface area contributed by atoms with Crippen molar-refractivity contribution in [1.82, 2.24) is 15.1 Å². The Morgan fingerprint density at radius 1 is 1.19 bits per heavy atom. The molecule has 0 aliphatic heterocycles. The van der Waals surface area contributed by atoms with Crippen molar-refractivity contribution >= 4 is 11.0 Å². The number of nitrogens with one attached hydrogen (secondary N) is 1. The van der Waals surface area contributed by atoms with Crippen LogP contribution in [0.25, 0.3) is 22.4 Å². The van der Waals surface area contributed by atoms with Crippen LogP contribution < -0.4 is 0 Å². The van der Waals surface area contributed by atoms with Crippen LogP contribution in [-0.2, 0) is 0 Å². The Morgan fingerprint density at radius 3 is 2.69 bits per heavy atom. The monoisotopic (exact) mass is 213 g/mol. The van der Waals surface area contributed by atoms with E-state index in [9.17, 15) is 0 Å². The Kier molecular flexibility index (Phi) is 1.83. The van der Waals surface area contributed by atoms with Gasteiger partial charge in [0.15, 0.2) is 0 Å². The summed E-state index contributed by atoms with van der Waals surface area (Å²) < 4.78 is 5.14. The number of H-pyrrole nitrogens is 1. The van der Waals surface area contributed by atoms with E-state index in [2.05, 4.69) is 15.1 Å². The van der Waals surface area contributed by atoms with Crippen LogP contribution in [0.4, 0.5) is 0 Å². The standard InChI is InChI=1S/C12H11N3O/c1-7-11(8(2)16-15-7)12-13-9-5-3-4-6-10(9)14-12/h3-6H,1-2H3,(H,13,14). The van der Waals surface area contributed by atoms with Crippen LogP contribution in [0.2, 0.25) is 0 Å². The van der Waals surface area contributed by atoms with Crippen LogP contribution in [0.3, 0.4) is 0 Å². The first-order valence-electron chi connectivity index (χ1n) is 5.13. The van der Waals surface area contributed by atoms with Gasteiger partial charge in [-0.3, -0.25) is 0 Å². The van der Waals surface area contributed by atoms with E-state index in [1.54, 1.807) is 0 Å². The molecule has 0 saturated carbocycles. The molecule has 0 amide bonds. The number of nitrogens with zero attached hydrogens (tertiary/aromatic N) is 2. The number of aromatic amines is 1. The molecule has 0 aliphatic rings. The van der Waals surface area contributed by atoms with E-state index in [1.807, 2.05) is 38.1 Å². The molecule has 0 radical (unpaired) electrons. The second-order valence-electron chi connectivity index (χ2n) is 3.80. The largest absolute Gasteiger partial charge is 0.361 e. The van der Waals surface area contributed by atoms with Gasteiger partial charge in [-0.25, -0.2) is 4.98 Å².